The molecule has 0 amide bonds. The molecule has 0 spiro atoms. The van der Waals surface area contributed by atoms with Crippen LogP contribution in [0.1, 0.15) is 32.2 Å². The molecule has 0 bridgehead atoms. The van der Waals surface area contributed by atoms with E-state index in [1.54, 1.807) is 4.57 Å². The minimum Gasteiger partial charge on any atom is -0.394 e. The predicted molar refractivity (Wildman–Crippen MR) is 82.4 cm³/mol. The van der Waals surface area contributed by atoms with Gasteiger partial charge in [-0.05, 0) is 6.92 Å². The van der Waals surface area contributed by atoms with Crippen molar-refractivity contribution < 1.29 is 20.1 Å². The van der Waals surface area contributed by atoms with E-state index < -0.39 is 30.2 Å². The van der Waals surface area contributed by atoms with Gasteiger partial charge in [-0.3, -0.25) is 9.36 Å². The van der Waals surface area contributed by atoms with Gasteiger partial charge < -0.3 is 25.4 Å². The number of nitrogens with one attached hydrogen (secondary N) is 1. The van der Waals surface area contributed by atoms with E-state index in [0.29, 0.717) is 12.1 Å². The van der Waals surface area contributed by atoms with Crippen molar-refractivity contribution in [3.8, 4) is 0 Å². The first-order chi connectivity index (χ1) is 11.5. The summed E-state index contributed by atoms with van der Waals surface area (Å²) in [6.07, 6.45) is -0.891. The van der Waals surface area contributed by atoms with Gasteiger partial charge in [-0.1, -0.05) is 0 Å². The molecular weight excluding hydrogens is 318 g/mol. The number of aliphatic hydroxyl groups excluding tert-OH is 3. The van der Waals surface area contributed by atoms with Gasteiger partial charge in [-0.2, -0.15) is 4.98 Å². The molecule has 0 aliphatic carbocycles. The van der Waals surface area contributed by atoms with Gasteiger partial charge in [0.15, 0.2) is 11.2 Å². The van der Waals surface area contributed by atoms with Gasteiger partial charge in [0.05, 0.1) is 19.0 Å². The number of aromatic nitrogens is 4. The van der Waals surface area contributed by atoms with Crippen LogP contribution in [0.15, 0.2) is 11.1 Å². The molecule has 24 heavy (non-hydrogen) atoms. The number of fused-ring (bicyclic) bond motifs is 2. The molecule has 2 aliphatic heterocycles. The first-order valence-corrected chi connectivity index (χ1v) is 7.87. The number of ether oxygens (including phenoxy) is 1. The molecule has 4 N–H and O–H groups in total. The maximum atomic E-state index is 12.6. The SMILES string of the molecule is C[C@@H]1C[C@H](O)n2c(nc3c(ncn3[C@H]3C[C@H](O)[C@@H](CO)O3)c2=O)N1. The summed E-state index contributed by atoms with van der Waals surface area (Å²) in [5.41, 5.74) is 0.00781. The second kappa shape index (κ2) is 5.52. The van der Waals surface area contributed by atoms with Crippen LogP contribution in [-0.4, -0.2) is 59.3 Å². The van der Waals surface area contributed by atoms with E-state index in [1.165, 1.54) is 10.9 Å². The van der Waals surface area contributed by atoms with E-state index in [4.69, 9.17) is 4.74 Å². The summed E-state index contributed by atoms with van der Waals surface area (Å²) in [4.78, 5) is 21.2. The fraction of sp³-hybridized carbons (Fsp3) is 0.643. The molecule has 10 heteroatoms. The topological polar surface area (TPSA) is 135 Å². The maximum Gasteiger partial charge on any atom is 0.285 e. The number of anilines is 1. The number of imidazole rings is 1. The Kier molecular flexibility index (Phi) is 3.57. The van der Waals surface area contributed by atoms with Gasteiger partial charge in [0.1, 0.15) is 18.6 Å². The number of hydrogen-bond acceptors (Lipinski definition) is 8. The molecule has 1 saturated heterocycles. The lowest BCUT2D eigenvalue weighted by atomic mass is 10.2. The highest BCUT2D eigenvalue weighted by Crippen LogP contribution is 2.31. The fourth-order valence-corrected chi connectivity index (χ4v) is 3.32. The fourth-order valence-electron chi connectivity index (χ4n) is 3.32. The summed E-state index contributed by atoms with van der Waals surface area (Å²) in [7, 11) is 0. The highest BCUT2D eigenvalue weighted by atomic mass is 16.5. The van der Waals surface area contributed by atoms with Crippen LogP contribution in [0.2, 0.25) is 0 Å². The minimum absolute atomic E-state index is 0.0240. The van der Waals surface area contributed by atoms with Crippen molar-refractivity contribution in [1.82, 2.24) is 19.1 Å². The van der Waals surface area contributed by atoms with Gasteiger partial charge in [-0.15, -0.1) is 0 Å². The molecule has 2 aromatic rings. The molecule has 0 aromatic carbocycles. The van der Waals surface area contributed by atoms with Crippen LogP contribution < -0.4 is 10.9 Å². The van der Waals surface area contributed by atoms with E-state index in [1.807, 2.05) is 6.92 Å². The van der Waals surface area contributed by atoms with Crippen molar-refractivity contribution in [1.29, 1.82) is 0 Å². The Labute approximate surface area is 136 Å². The molecule has 4 rings (SSSR count). The van der Waals surface area contributed by atoms with Gasteiger partial charge in [0.2, 0.25) is 5.95 Å². The zero-order valence-corrected chi connectivity index (χ0v) is 13.0. The largest absolute Gasteiger partial charge is 0.394 e. The lowest BCUT2D eigenvalue weighted by Crippen LogP contribution is -2.38. The summed E-state index contributed by atoms with van der Waals surface area (Å²) in [6.45, 7) is 1.60. The normalized spacial score (nSPS) is 32.8. The molecule has 0 unspecified atom stereocenters. The standard InChI is InChI=1S/C14H19N5O5/c1-6-2-9(22)19-13(23)11-12(17-14(19)16-6)18(5-15-11)10-3-7(21)8(4-20)24-10/h5-10,20-22H,2-4H2,1H3,(H,16,17)/t6-,7+,8-,9+,10-/m1/s1. The van der Waals surface area contributed by atoms with Crippen molar-refractivity contribution in [2.24, 2.45) is 0 Å². The highest BCUT2D eigenvalue weighted by molar-refractivity contribution is 5.71. The van der Waals surface area contributed by atoms with E-state index >= 15 is 0 Å². The molecule has 5 atom stereocenters. The van der Waals surface area contributed by atoms with Crippen molar-refractivity contribution in [2.45, 2.75) is 50.5 Å². The lowest BCUT2D eigenvalue weighted by Gasteiger charge is -2.28. The van der Waals surface area contributed by atoms with Crippen LogP contribution in [0.25, 0.3) is 11.2 Å². The van der Waals surface area contributed by atoms with E-state index in [9.17, 15) is 20.1 Å². The molecule has 2 aliphatic rings. The Morgan fingerprint density at radius 1 is 1.42 bits per heavy atom. The van der Waals surface area contributed by atoms with Crippen LogP contribution in [-0.2, 0) is 4.74 Å². The summed E-state index contributed by atoms with van der Waals surface area (Å²) in [5, 5.41) is 32.3. The molecule has 4 heterocycles. The van der Waals surface area contributed by atoms with Crippen molar-refractivity contribution in [2.75, 3.05) is 11.9 Å². The van der Waals surface area contributed by atoms with Crippen LogP contribution in [0.5, 0.6) is 0 Å². The quantitative estimate of drug-likeness (QED) is 0.544. The number of nitrogens with zero attached hydrogens (tertiary/aromatic N) is 4. The zero-order valence-electron chi connectivity index (χ0n) is 13.0. The van der Waals surface area contributed by atoms with Crippen LogP contribution >= 0.6 is 0 Å². The first kappa shape index (κ1) is 15.5. The van der Waals surface area contributed by atoms with E-state index in [-0.39, 0.29) is 30.5 Å². The van der Waals surface area contributed by atoms with E-state index in [0.717, 1.165) is 0 Å². The lowest BCUT2D eigenvalue weighted by molar-refractivity contribution is -0.0432. The smallest absolute Gasteiger partial charge is 0.285 e. The van der Waals surface area contributed by atoms with Crippen molar-refractivity contribution in [3.63, 3.8) is 0 Å². The Morgan fingerprint density at radius 2 is 2.21 bits per heavy atom. The first-order valence-electron chi connectivity index (χ1n) is 7.87. The number of hydrogen-bond donors (Lipinski definition) is 4. The molecular formula is C14H19N5O5. The maximum absolute atomic E-state index is 12.6. The average Bonchev–Trinajstić information content (AvgIpc) is 3.09. The monoisotopic (exact) mass is 337 g/mol. The van der Waals surface area contributed by atoms with Gasteiger partial charge in [-0.25, -0.2) is 9.55 Å². The minimum atomic E-state index is -0.950. The second-order valence-electron chi connectivity index (χ2n) is 6.31. The van der Waals surface area contributed by atoms with Gasteiger partial charge in [0, 0.05) is 18.9 Å². The second-order valence-corrected chi connectivity index (χ2v) is 6.31. The average molecular weight is 337 g/mol. The van der Waals surface area contributed by atoms with Crippen molar-refractivity contribution in [3.05, 3.63) is 16.7 Å². The molecule has 0 saturated carbocycles. The van der Waals surface area contributed by atoms with Gasteiger partial charge in [0.25, 0.3) is 5.56 Å². The summed E-state index contributed by atoms with van der Waals surface area (Å²) >= 11 is 0. The molecule has 130 valence electrons. The van der Waals surface area contributed by atoms with Crippen molar-refractivity contribution >= 4 is 17.1 Å². The highest BCUT2D eigenvalue weighted by Gasteiger charge is 2.36. The summed E-state index contributed by atoms with van der Waals surface area (Å²) < 4.78 is 8.37. The zero-order chi connectivity index (χ0) is 17.0. The number of aliphatic hydroxyl groups is 3. The third-order valence-corrected chi connectivity index (χ3v) is 4.56. The summed E-state index contributed by atoms with van der Waals surface area (Å²) in [6, 6.07) is -0.0240. The summed E-state index contributed by atoms with van der Waals surface area (Å²) in [5.74, 6) is 0.276. The third kappa shape index (κ3) is 2.22. The molecule has 1 fully saturated rings. The molecule has 0 radical (unpaired) electrons. The molecule has 10 nitrogen and oxygen atoms in total. The van der Waals surface area contributed by atoms with Gasteiger partial charge >= 0.3 is 0 Å². The Hall–Kier alpha value is -2.01. The van der Waals surface area contributed by atoms with Crippen LogP contribution in [0.3, 0.4) is 0 Å². The Balaban J connectivity index is 1.82. The number of rotatable bonds is 2. The Morgan fingerprint density at radius 3 is 2.92 bits per heavy atom. The Bertz CT molecular complexity index is 833. The predicted octanol–water partition coefficient (Wildman–Crippen LogP) is -1.07. The van der Waals surface area contributed by atoms with E-state index in [2.05, 4.69) is 15.3 Å². The molecule has 2 aromatic heterocycles. The van der Waals surface area contributed by atoms with Crippen LogP contribution in [0.4, 0.5) is 5.95 Å². The third-order valence-electron chi connectivity index (χ3n) is 4.56. The van der Waals surface area contributed by atoms with Crippen LogP contribution in [0, 0.1) is 0 Å².